The molecule has 1 aromatic heterocycles. The number of hydrogen-bond donors (Lipinski definition) is 2. The molecule has 1 aromatic carbocycles. The van der Waals surface area contributed by atoms with E-state index >= 15 is 0 Å². The van der Waals surface area contributed by atoms with Gasteiger partial charge in [0.2, 0.25) is 5.91 Å². The lowest BCUT2D eigenvalue weighted by molar-refractivity contribution is -0.117. The summed E-state index contributed by atoms with van der Waals surface area (Å²) in [5, 5.41) is 10.7. The van der Waals surface area contributed by atoms with Crippen molar-refractivity contribution in [1.82, 2.24) is 14.7 Å². The van der Waals surface area contributed by atoms with Crippen molar-refractivity contribution in [2.24, 2.45) is 0 Å². The molecule has 3 amide bonds. The molecule has 176 valence electrons. The molecule has 0 saturated heterocycles. The second kappa shape index (κ2) is 9.35. The monoisotopic (exact) mass is 441 g/mol. The van der Waals surface area contributed by atoms with E-state index in [1.165, 1.54) is 4.90 Å². The molecule has 32 heavy (non-hydrogen) atoms. The first kappa shape index (κ1) is 25.4. The number of nitrogens with one attached hydrogen (secondary N) is 2. The highest BCUT2D eigenvalue weighted by Crippen LogP contribution is 2.28. The van der Waals surface area contributed by atoms with E-state index in [9.17, 15) is 9.59 Å². The van der Waals surface area contributed by atoms with Gasteiger partial charge >= 0.3 is 6.03 Å². The summed E-state index contributed by atoms with van der Waals surface area (Å²) in [5.41, 5.74) is 3.19. The van der Waals surface area contributed by atoms with Crippen LogP contribution in [0.25, 0.3) is 0 Å². The van der Waals surface area contributed by atoms with Crippen molar-refractivity contribution in [3.05, 3.63) is 41.1 Å². The van der Waals surface area contributed by atoms with E-state index in [-0.39, 0.29) is 35.5 Å². The van der Waals surface area contributed by atoms with Crippen LogP contribution in [0.4, 0.5) is 16.3 Å². The van der Waals surface area contributed by atoms with Gasteiger partial charge in [-0.25, -0.2) is 9.48 Å². The molecule has 2 rings (SSSR count). The first-order chi connectivity index (χ1) is 14.6. The zero-order chi connectivity index (χ0) is 24.4. The molecule has 2 N–H and O–H groups in total. The third-order valence-corrected chi connectivity index (χ3v) is 5.29. The molecule has 0 fully saturated rings. The highest BCUT2D eigenvalue weighted by molar-refractivity contribution is 5.97. The van der Waals surface area contributed by atoms with Gasteiger partial charge in [-0.3, -0.25) is 4.79 Å². The SMILES string of the molecule is Cc1cccc(C)c1NC(=O)N(CC(=O)Nc1cc(C(C)(C)C)nn1C(C)(C)C)C(C)C. The average molecular weight is 442 g/mol. The maximum Gasteiger partial charge on any atom is 0.322 e. The smallest absolute Gasteiger partial charge is 0.313 e. The third kappa shape index (κ3) is 6.11. The minimum atomic E-state index is -0.302. The number of carbonyl (C=O) groups excluding carboxylic acids is 2. The Morgan fingerprint density at radius 1 is 1.03 bits per heavy atom. The predicted molar refractivity (Wildman–Crippen MR) is 131 cm³/mol. The van der Waals surface area contributed by atoms with Crippen molar-refractivity contribution in [2.45, 2.75) is 86.2 Å². The summed E-state index contributed by atoms with van der Waals surface area (Å²) < 4.78 is 1.84. The number of anilines is 2. The third-order valence-electron chi connectivity index (χ3n) is 5.29. The number of para-hydroxylation sites is 1. The van der Waals surface area contributed by atoms with Crippen molar-refractivity contribution in [3.8, 4) is 0 Å². The molecule has 0 bridgehead atoms. The van der Waals surface area contributed by atoms with Gasteiger partial charge < -0.3 is 15.5 Å². The molecule has 2 aromatic rings. The molecule has 7 nitrogen and oxygen atoms in total. The normalized spacial score (nSPS) is 12.1. The van der Waals surface area contributed by atoms with Gasteiger partial charge in [-0.1, -0.05) is 39.0 Å². The lowest BCUT2D eigenvalue weighted by Gasteiger charge is -2.28. The van der Waals surface area contributed by atoms with Crippen molar-refractivity contribution in [3.63, 3.8) is 0 Å². The number of hydrogen-bond acceptors (Lipinski definition) is 3. The fraction of sp³-hybridized carbons (Fsp3) is 0.560. The highest BCUT2D eigenvalue weighted by Gasteiger charge is 2.27. The predicted octanol–water partition coefficient (Wildman–Crippen LogP) is 5.43. The fourth-order valence-corrected chi connectivity index (χ4v) is 3.36. The van der Waals surface area contributed by atoms with Crippen molar-refractivity contribution >= 4 is 23.4 Å². The largest absolute Gasteiger partial charge is 0.322 e. The van der Waals surface area contributed by atoms with Gasteiger partial charge in [0, 0.05) is 23.2 Å². The number of carbonyl (C=O) groups is 2. The van der Waals surface area contributed by atoms with Gasteiger partial charge in [-0.15, -0.1) is 0 Å². The summed E-state index contributed by atoms with van der Waals surface area (Å²) >= 11 is 0. The molecule has 0 spiro atoms. The highest BCUT2D eigenvalue weighted by atomic mass is 16.2. The molecule has 7 heteroatoms. The molecule has 0 unspecified atom stereocenters. The second-order valence-electron chi connectivity index (χ2n) is 10.7. The second-order valence-corrected chi connectivity index (χ2v) is 10.7. The summed E-state index contributed by atoms with van der Waals surface area (Å²) in [6.45, 7) is 20.0. The molecule has 0 aliphatic carbocycles. The summed E-state index contributed by atoms with van der Waals surface area (Å²) in [6.07, 6.45) is 0. The van der Waals surface area contributed by atoms with Crippen LogP contribution in [0.2, 0.25) is 0 Å². The van der Waals surface area contributed by atoms with Crippen LogP contribution in [-0.4, -0.2) is 39.2 Å². The number of aryl methyl sites for hydroxylation is 2. The van der Waals surface area contributed by atoms with E-state index < -0.39 is 0 Å². The van der Waals surface area contributed by atoms with Crippen LogP contribution in [0.1, 0.15) is 72.2 Å². The number of nitrogens with zero attached hydrogens (tertiary/aromatic N) is 3. The van der Waals surface area contributed by atoms with Gasteiger partial charge in [-0.05, 0) is 59.6 Å². The van der Waals surface area contributed by atoms with Gasteiger partial charge in [-0.2, -0.15) is 5.10 Å². The van der Waals surface area contributed by atoms with Crippen LogP contribution < -0.4 is 10.6 Å². The Bertz CT molecular complexity index is 957. The summed E-state index contributed by atoms with van der Waals surface area (Å²) in [6, 6.07) is 7.33. The number of rotatable bonds is 5. The van der Waals surface area contributed by atoms with Gasteiger partial charge in [0.05, 0.1) is 11.2 Å². The molecule has 1 heterocycles. The molecular formula is C25H39N5O2. The Labute approximate surface area is 192 Å². The number of amides is 3. The fourth-order valence-electron chi connectivity index (χ4n) is 3.36. The Kier molecular flexibility index (Phi) is 7.43. The minimum absolute atomic E-state index is 0.0609. The zero-order valence-corrected chi connectivity index (χ0v) is 21.3. The topological polar surface area (TPSA) is 79.3 Å². The van der Waals surface area contributed by atoms with Crippen molar-refractivity contribution in [1.29, 1.82) is 0 Å². The first-order valence-electron chi connectivity index (χ1n) is 11.2. The van der Waals surface area contributed by atoms with Gasteiger partial charge in [0.25, 0.3) is 0 Å². The number of urea groups is 1. The molecule has 0 radical (unpaired) electrons. The number of benzene rings is 1. The molecule has 0 saturated carbocycles. The van der Waals surface area contributed by atoms with E-state index in [1.54, 1.807) is 0 Å². The van der Waals surface area contributed by atoms with E-state index in [0.717, 1.165) is 22.5 Å². The van der Waals surface area contributed by atoms with Crippen molar-refractivity contribution in [2.75, 3.05) is 17.2 Å². The van der Waals surface area contributed by atoms with Crippen LogP contribution in [0.5, 0.6) is 0 Å². The van der Waals surface area contributed by atoms with Crippen LogP contribution >= 0.6 is 0 Å². The van der Waals surface area contributed by atoms with E-state index in [2.05, 4.69) is 31.4 Å². The summed E-state index contributed by atoms with van der Waals surface area (Å²) in [5.74, 6) is 0.368. The number of aromatic nitrogens is 2. The van der Waals surface area contributed by atoms with E-state index in [4.69, 9.17) is 5.10 Å². The molecule has 0 aliphatic heterocycles. The first-order valence-corrected chi connectivity index (χ1v) is 11.2. The lowest BCUT2D eigenvalue weighted by Crippen LogP contribution is -2.45. The Morgan fingerprint density at radius 2 is 1.59 bits per heavy atom. The zero-order valence-electron chi connectivity index (χ0n) is 21.3. The van der Waals surface area contributed by atoms with Crippen LogP contribution in [0.3, 0.4) is 0 Å². The van der Waals surface area contributed by atoms with E-state index in [0.29, 0.717) is 5.82 Å². The molecule has 0 aliphatic rings. The van der Waals surface area contributed by atoms with Crippen LogP contribution in [-0.2, 0) is 15.7 Å². The Hall–Kier alpha value is -2.83. The average Bonchev–Trinajstić information content (AvgIpc) is 3.07. The van der Waals surface area contributed by atoms with Crippen molar-refractivity contribution < 1.29 is 9.59 Å². The van der Waals surface area contributed by atoms with Gasteiger partial charge in [0.15, 0.2) is 0 Å². The summed E-state index contributed by atoms with van der Waals surface area (Å²) in [7, 11) is 0. The lowest BCUT2D eigenvalue weighted by atomic mass is 9.92. The van der Waals surface area contributed by atoms with Crippen LogP contribution in [0.15, 0.2) is 24.3 Å². The van der Waals surface area contributed by atoms with Crippen LogP contribution in [0, 0.1) is 13.8 Å². The molecule has 0 atom stereocenters. The van der Waals surface area contributed by atoms with Gasteiger partial charge in [0.1, 0.15) is 12.4 Å². The Morgan fingerprint density at radius 3 is 2.06 bits per heavy atom. The Balaban J connectivity index is 2.22. The maximum absolute atomic E-state index is 13.0. The quantitative estimate of drug-likeness (QED) is 0.649. The summed E-state index contributed by atoms with van der Waals surface area (Å²) in [4.78, 5) is 27.5. The molecular weight excluding hydrogens is 402 g/mol. The standard InChI is InChI=1S/C25H39N5O2/c1-16(2)29(23(32)27-22-17(3)12-11-13-18(22)4)15-21(31)26-20-14-19(24(5,6)7)28-30(20)25(8,9)10/h11-14,16H,15H2,1-10H3,(H,26,31)(H,27,32). The maximum atomic E-state index is 13.0. The van der Waals surface area contributed by atoms with E-state index in [1.807, 2.05) is 77.4 Å². The minimum Gasteiger partial charge on any atom is -0.313 e.